The number of hydrogen-bond acceptors (Lipinski definition) is 3. The smallest absolute Gasteiger partial charge is 0.119 e. The van der Waals surface area contributed by atoms with Gasteiger partial charge in [0.05, 0.1) is 12.7 Å². The van der Waals surface area contributed by atoms with Gasteiger partial charge in [0.25, 0.3) is 0 Å². The summed E-state index contributed by atoms with van der Waals surface area (Å²) in [6.07, 6.45) is 0. The van der Waals surface area contributed by atoms with Gasteiger partial charge in [-0.25, -0.2) is 0 Å². The van der Waals surface area contributed by atoms with Crippen molar-refractivity contribution in [3.63, 3.8) is 0 Å². The van der Waals surface area contributed by atoms with E-state index in [0.717, 1.165) is 16.9 Å². The van der Waals surface area contributed by atoms with E-state index in [4.69, 9.17) is 4.74 Å². The van der Waals surface area contributed by atoms with Crippen LogP contribution in [0.15, 0.2) is 18.2 Å². The molecule has 0 spiro atoms. The van der Waals surface area contributed by atoms with Gasteiger partial charge in [0, 0.05) is 12.1 Å². The van der Waals surface area contributed by atoms with Crippen LogP contribution in [0, 0.1) is 6.92 Å². The Balaban J connectivity index is 2.90. The van der Waals surface area contributed by atoms with E-state index in [9.17, 15) is 5.11 Å². The Morgan fingerprint density at radius 2 is 1.83 bits per heavy atom. The fourth-order valence-corrected chi connectivity index (χ4v) is 1.90. The van der Waals surface area contributed by atoms with Crippen molar-refractivity contribution in [2.75, 3.05) is 13.7 Å². The van der Waals surface area contributed by atoms with Crippen molar-refractivity contribution < 1.29 is 9.84 Å². The summed E-state index contributed by atoms with van der Waals surface area (Å²) in [6.45, 7) is 10.6. The van der Waals surface area contributed by atoms with E-state index in [0.29, 0.717) is 6.54 Å². The zero-order chi connectivity index (χ0) is 14.0. The number of methoxy groups -OCH3 is 1. The van der Waals surface area contributed by atoms with Crippen LogP contribution in [0.2, 0.25) is 0 Å². The van der Waals surface area contributed by atoms with E-state index in [-0.39, 0.29) is 5.54 Å². The fourth-order valence-electron chi connectivity index (χ4n) is 1.90. The van der Waals surface area contributed by atoms with Crippen LogP contribution in [0.25, 0.3) is 0 Å². The summed E-state index contributed by atoms with van der Waals surface area (Å²) in [6, 6.07) is 5.76. The molecule has 0 saturated heterocycles. The second-order valence-corrected chi connectivity index (χ2v) is 6.06. The minimum atomic E-state index is -0.885. The number of ether oxygens (including phenoxy) is 1. The number of rotatable bonds is 4. The van der Waals surface area contributed by atoms with E-state index in [1.807, 2.05) is 32.0 Å². The number of nitrogens with one attached hydrogen (secondary N) is 1. The van der Waals surface area contributed by atoms with Gasteiger partial charge in [0.1, 0.15) is 5.75 Å². The van der Waals surface area contributed by atoms with Gasteiger partial charge in [0.2, 0.25) is 0 Å². The summed E-state index contributed by atoms with van der Waals surface area (Å²) < 4.78 is 5.18. The lowest BCUT2D eigenvalue weighted by Crippen LogP contribution is -2.45. The first kappa shape index (κ1) is 15.0. The quantitative estimate of drug-likeness (QED) is 0.864. The summed E-state index contributed by atoms with van der Waals surface area (Å²) in [5.41, 5.74) is 1.07. The van der Waals surface area contributed by atoms with Crippen LogP contribution < -0.4 is 10.1 Å². The highest BCUT2D eigenvalue weighted by molar-refractivity contribution is 5.38. The summed E-state index contributed by atoms with van der Waals surface area (Å²) in [4.78, 5) is 0. The summed E-state index contributed by atoms with van der Waals surface area (Å²) >= 11 is 0. The van der Waals surface area contributed by atoms with Crippen LogP contribution in [0.3, 0.4) is 0 Å². The molecule has 0 aliphatic carbocycles. The molecule has 0 aromatic heterocycles. The van der Waals surface area contributed by atoms with Crippen LogP contribution in [-0.4, -0.2) is 24.3 Å². The zero-order valence-electron chi connectivity index (χ0n) is 12.3. The molecule has 2 N–H and O–H groups in total. The molecule has 102 valence electrons. The van der Waals surface area contributed by atoms with Crippen LogP contribution in [0.5, 0.6) is 5.75 Å². The Kier molecular flexibility index (Phi) is 4.41. The van der Waals surface area contributed by atoms with Crippen molar-refractivity contribution in [3.8, 4) is 5.75 Å². The Morgan fingerprint density at radius 1 is 1.22 bits per heavy atom. The topological polar surface area (TPSA) is 41.5 Å². The highest BCUT2D eigenvalue weighted by Gasteiger charge is 2.26. The first-order valence-corrected chi connectivity index (χ1v) is 6.28. The highest BCUT2D eigenvalue weighted by Crippen LogP contribution is 2.27. The average Bonchev–Trinajstić information content (AvgIpc) is 2.25. The molecule has 0 aliphatic heterocycles. The normalized spacial score (nSPS) is 15.3. The Bertz CT molecular complexity index is 405. The Labute approximate surface area is 110 Å². The number of β-amino-alcohol motifs (C(OH)–C–C–N with tert-alkyl or cyclic N) is 1. The molecule has 0 heterocycles. The van der Waals surface area contributed by atoms with Crippen molar-refractivity contribution in [2.24, 2.45) is 0 Å². The monoisotopic (exact) mass is 251 g/mol. The molecular weight excluding hydrogens is 226 g/mol. The summed E-state index contributed by atoms with van der Waals surface area (Å²) in [7, 11) is 1.65. The lowest BCUT2D eigenvalue weighted by atomic mass is 9.91. The molecule has 1 atom stereocenters. The van der Waals surface area contributed by atoms with Gasteiger partial charge in [-0.05, 0) is 57.9 Å². The van der Waals surface area contributed by atoms with E-state index < -0.39 is 5.60 Å². The van der Waals surface area contributed by atoms with Crippen molar-refractivity contribution in [3.05, 3.63) is 29.3 Å². The molecule has 1 aromatic carbocycles. The van der Waals surface area contributed by atoms with Crippen LogP contribution in [0.1, 0.15) is 38.8 Å². The number of aryl methyl sites for hydroxylation is 1. The third-order valence-electron chi connectivity index (χ3n) is 2.98. The average molecular weight is 251 g/mol. The number of hydrogen-bond donors (Lipinski definition) is 2. The fraction of sp³-hybridized carbons (Fsp3) is 0.600. The Hall–Kier alpha value is -1.06. The lowest BCUT2D eigenvalue weighted by molar-refractivity contribution is 0.0495. The van der Waals surface area contributed by atoms with Crippen LogP contribution in [-0.2, 0) is 5.60 Å². The molecule has 0 amide bonds. The van der Waals surface area contributed by atoms with Gasteiger partial charge < -0.3 is 15.2 Å². The molecule has 18 heavy (non-hydrogen) atoms. The molecule has 0 saturated carbocycles. The minimum Gasteiger partial charge on any atom is -0.497 e. The van der Waals surface area contributed by atoms with E-state index in [2.05, 4.69) is 26.1 Å². The van der Waals surface area contributed by atoms with Gasteiger partial charge in [-0.3, -0.25) is 0 Å². The molecule has 0 bridgehead atoms. The first-order chi connectivity index (χ1) is 8.15. The highest BCUT2D eigenvalue weighted by atomic mass is 16.5. The maximum absolute atomic E-state index is 10.6. The van der Waals surface area contributed by atoms with E-state index in [1.165, 1.54) is 0 Å². The Morgan fingerprint density at radius 3 is 2.28 bits per heavy atom. The number of benzene rings is 1. The molecule has 3 heteroatoms. The van der Waals surface area contributed by atoms with Gasteiger partial charge in [-0.1, -0.05) is 6.07 Å². The van der Waals surface area contributed by atoms with Crippen molar-refractivity contribution in [1.82, 2.24) is 5.32 Å². The van der Waals surface area contributed by atoms with Crippen molar-refractivity contribution in [1.29, 1.82) is 0 Å². The van der Waals surface area contributed by atoms with Crippen LogP contribution in [0.4, 0.5) is 0 Å². The third-order valence-corrected chi connectivity index (χ3v) is 2.98. The standard InChI is InChI=1S/C15H25NO2/c1-11-9-12(18-6)7-8-13(11)15(5,17)10-16-14(2,3)4/h7-9,16-17H,10H2,1-6H3. The molecule has 1 aromatic rings. The predicted molar refractivity (Wildman–Crippen MR) is 75.1 cm³/mol. The second kappa shape index (κ2) is 5.29. The molecule has 1 rings (SSSR count). The van der Waals surface area contributed by atoms with E-state index in [1.54, 1.807) is 7.11 Å². The second-order valence-electron chi connectivity index (χ2n) is 6.06. The number of aliphatic hydroxyl groups is 1. The predicted octanol–water partition coefficient (Wildman–Crippen LogP) is 2.60. The molecule has 1 unspecified atom stereocenters. The minimum absolute atomic E-state index is 0.00956. The van der Waals surface area contributed by atoms with Gasteiger partial charge in [0.15, 0.2) is 0 Å². The van der Waals surface area contributed by atoms with Gasteiger partial charge in [-0.2, -0.15) is 0 Å². The van der Waals surface area contributed by atoms with Crippen LogP contribution >= 0.6 is 0 Å². The van der Waals surface area contributed by atoms with Crippen molar-refractivity contribution >= 4 is 0 Å². The van der Waals surface area contributed by atoms with Gasteiger partial charge in [-0.15, -0.1) is 0 Å². The SMILES string of the molecule is COc1ccc(C(C)(O)CNC(C)(C)C)c(C)c1. The maximum atomic E-state index is 10.6. The molecule has 0 aliphatic rings. The maximum Gasteiger partial charge on any atom is 0.119 e. The van der Waals surface area contributed by atoms with Gasteiger partial charge >= 0.3 is 0 Å². The third kappa shape index (κ3) is 4.00. The largest absolute Gasteiger partial charge is 0.497 e. The van der Waals surface area contributed by atoms with E-state index >= 15 is 0 Å². The molecule has 0 radical (unpaired) electrons. The molecule has 3 nitrogen and oxygen atoms in total. The molecular formula is C15H25NO2. The summed E-state index contributed by atoms with van der Waals surface area (Å²) in [5, 5.41) is 13.9. The molecule has 0 fully saturated rings. The summed E-state index contributed by atoms with van der Waals surface area (Å²) in [5.74, 6) is 0.816. The first-order valence-electron chi connectivity index (χ1n) is 6.28. The zero-order valence-corrected chi connectivity index (χ0v) is 12.3. The lowest BCUT2D eigenvalue weighted by Gasteiger charge is -2.31. The van der Waals surface area contributed by atoms with Crippen molar-refractivity contribution in [2.45, 2.75) is 45.8 Å².